The van der Waals surface area contributed by atoms with Crippen molar-refractivity contribution in [3.63, 3.8) is 0 Å². The van der Waals surface area contributed by atoms with E-state index in [0.29, 0.717) is 5.92 Å². The summed E-state index contributed by atoms with van der Waals surface area (Å²) in [6.07, 6.45) is 4.48. The van der Waals surface area contributed by atoms with E-state index < -0.39 is 0 Å². The van der Waals surface area contributed by atoms with Crippen LogP contribution in [0.4, 0.5) is 0 Å². The molecule has 1 aromatic carbocycles. The smallest absolute Gasteiger partial charge is 0.0736 e. The molecule has 1 atom stereocenters. The Morgan fingerprint density at radius 2 is 2.16 bits per heavy atom. The second kappa shape index (κ2) is 4.68. The van der Waals surface area contributed by atoms with Crippen LogP contribution in [0.15, 0.2) is 22.8 Å². The van der Waals surface area contributed by atoms with Gasteiger partial charge in [0.1, 0.15) is 0 Å². The average molecular weight is 317 g/mol. The maximum Gasteiger partial charge on any atom is 0.0736 e. The molecule has 0 radical (unpaired) electrons. The number of rotatable bonds is 2. The summed E-state index contributed by atoms with van der Waals surface area (Å²) in [4.78, 5) is 0. The van der Waals surface area contributed by atoms with Crippen molar-refractivity contribution in [3.8, 4) is 6.07 Å². The Balaban J connectivity index is 2.25. The van der Waals surface area contributed by atoms with E-state index in [1.165, 1.54) is 28.5 Å². The van der Waals surface area contributed by atoms with Gasteiger partial charge in [0.15, 0.2) is 0 Å². The van der Waals surface area contributed by atoms with Gasteiger partial charge in [-0.3, -0.25) is 0 Å². The van der Waals surface area contributed by atoms with E-state index >= 15 is 0 Å². The van der Waals surface area contributed by atoms with Crippen molar-refractivity contribution in [1.82, 2.24) is 4.57 Å². The van der Waals surface area contributed by atoms with E-state index in [4.69, 9.17) is 0 Å². The predicted octanol–water partition coefficient (Wildman–Crippen LogP) is 4.61. The van der Waals surface area contributed by atoms with Crippen LogP contribution in [0.1, 0.15) is 37.3 Å². The lowest BCUT2D eigenvalue weighted by Gasteiger charge is -2.19. The third-order valence-electron chi connectivity index (χ3n) is 4.03. The van der Waals surface area contributed by atoms with Crippen LogP contribution in [0.3, 0.4) is 0 Å². The van der Waals surface area contributed by atoms with E-state index in [9.17, 15) is 5.26 Å². The molecule has 1 aromatic heterocycles. The Morgan fingerprint density at radius 3 is 2.84 bits per heavy atom. The quantitative estimate of drug-likeness (QED) is 0.795. The lowest BCUT2D eigenvalue weighted by atomic mass is 9.87. The summed E-state index contributed by atoms with van der Waals surface area (Å²) < 4.78 is 3.48. The van der Waals surface area contributed by atoms with Gasteiger partial charge in [0.25, 0.3) is 0 Å². The average Bonchev–Trinajstić information content (AvgIpc) is 2.68. The highest BCUT2D eigenvalue weighted by Crippen LogP contribution is 2.36. The van der Waals surface area contributed by atoms with E-state index in [0.717, 1.165) is 17.4 Å². The van der Waals surface area contributed by atoms with Crippen molar-refractivity contribution in [2.75, 3.05) is 0 Å². The fourth-order valence-corrected chi connectivity index (χ4v) is 3.66. The lowest BCUT2D eigenvalue weighted by Crippen LogP contribution is -2.09. The highest BCUT2D eigenvalue weighted by atomic mass is 79.9. The molecule has 0 fully saturated rings. The summed E-state index contributed by atoms with van der Waals surface area (Å²) in [5.41, 5.74) is 3.91. The minimum atomic E-state index is -0.0159. The number of aryl methyl sites for hydroxylation is 2. The van der Waals surface area contributed by atoms with Crippen LogP contribution in [-0.4, -0.2) is 4.57 Å². The molecule has 0 N–H and O–H groups in total. The van der Waals surface area contributed by atoms with Gasteiger partial charge in [-0.2, -0.15) is 5.26 Å². The fraction of sp³-hybridized carbons (Fsp3) is 0.438. The molecule has 1 unspecified atom stereocenters. The van der Waals surface area contributed by atoms with Gasteiger partial charge in [-0.15, -0.1) is 0 Å². The zero-order valence-electron chi connectivity index (χ0n) is 11.3. The van der Waals surface area contributed by atoms with E-state index in [2.05, 4.69) is 58.7 Å². The van der Waals surface area contributed by atoms with Crippen LogP contribution in [0.5, 0.6) is 0 Å². The summed E-state index contributed by atoms with van der Waals surface area (Å²) in [6, 6.07) is 6.90. The number of aromatic nitrogens is 1. The minimum absolute atomic E-state index is 0.0159. The normalized spacial score (nSPS) is 15.7. The Morgan fingerprint density at radius 1 is 1.37 bits per heavy atom. The number of nitrogens with zero attached hydrogens (tertiary/aromatic N) is 2. The molecule has 2 aromatic rings. The Labute approximate surface area is 122 Å². The first-order valence-electron chi connectivity index (χ1n) is 6.82. The molecule has 19 heavy (non-hydrogen) atoms. The summed E-state index contributed by atoms with van der Waals surface area (Å²) in [7, 11) is 0. The molecule has 0 spiro atoms. The van der Waals surface area contributed by atoms with Gasteiger partial charge < -0.3 is 4.57 Å². The monoisotopic (exact) mass is 316 g/mol. The first-order valence-corrected chi connectivity index (χ1v) is 7.62. The number of nitriles is 1. The molecule has 0 bridgehead atoms. The van der Waals surface area contributed by atoms with E-state index in [1.807, 2.05) is 0 Å². The second-order valence-corrected chi connectivity index (χ2v) is 6.56. The van der Waals surface area contributed by atoms with Gasteiger partial charge in [0.05, 0.1) is 17.5 Å². The molecule has 2 heterocycles. The Hall–Kier alpha value is -1.27. The largest absolute Gasteiger partial charge is 0.346 e. The van der Waals surface area contributed by atoms with E-state index in [-0.39, 0.29) is 5.92 Å². The molecule has 3 heteroatoms. The van der Waals surface area contributed by atoms with Crippen molar-refractivity contribution in [2.45, 2.75) is 39.2 Å². The van der Waals surface area contributed by atoms with Gasteiger partial charge in [-0.25, -0.2) is 0 Å². The van der Waals surface area contributed by atoms with E-state index in [1.54, 1.807) is 0 Å². The van der Waals surface area contributed by atoms with Crippen LogP contribution in [-0.2, 0) is 13.0 Å². The van der Waals surface area contributed by atoms with Gasteiger partial charge in [-0.05, 0) is 51.9 Å². The Bertz CT molecular complexity index is 676. The summed E-state index contributed by atoms with van der Waals surface area (Å²) in [5, 5.41) is 10.7. The summed E-state index contributed by atoms with van der Waals surface area (Å²) >= 11 is 3.66. The van der Waals surface area contributed by atoms with Gasteiger partial charge in [-0.1, -0.05) is 19.9 Å². The molecular formula is C16H17BrN2. The molecule has 3 rings (SSSR count). The van der Waals surface area contributed by atoms with Crippen LogP contribution >= 0.6 is 15.9 Å². The molecular weight excluding hydrogens is 300 g/mol. The maximum atomic E-state index is 9.41. The highest BCUT2D eigenvalue weighted by Gasteiger charge is 2.21. The van der Waals surface area contributed by atoms with Crippen LogP contribution in [0, 0.1) is 17.2 Å². The lowest BCUT2D eigenvalue weighted by molar-refractivity contribution is 0.585. The van der Waals surface area contributed by atoms with Crippen LogP contribution in [0.25, 0.3) is 10.9 Å². The number of hydrogen-bond donors (Lipinski definition) is 0. The summed E-state index contributed by atoms with van der Waals surface area (Å²) in [6.45, 7) is 5.33. The van der Waals surface area contributed by atoms with Crippen molar-refractivity contribution in [2.24, 2.45) is 5.92 Å². The number of benzene rings is 1. The zero-order chi connectivity index (χ0) is 13.6. The first kappa shape index (κ1) is 12.7. The molecule has 0 saturated heterocycles. The topological polar surface area (TPSA) is 28.7 Å². The minimum Gasteiger partial charge on any atom is -0.346 e. The van der Waals surface area contributed by atoms with Crippen molar-refractivity contribution in [3.05, 3.63) is 33.9 Å². The standard InChI is InChI=1S/C16H17BrN2/c1-10(2)14(8-18)12-6-11-4-3-5-19-9-15(17)13(7-12)16(11)19/h6-7,9-10,14H,3-5H2,1-2H3. The molecule has 0 saturated carbocycles. The Kier molecular flexibility index (Phi) is 3.14. The summed E-state index contributed by atoms with van der Waals surface area (Å²) in [5.74, 6) is 0.330. The number of hydrogen-bond acceptors (Lipinski definition) is 1. The predicted molar refractivity (Wildman–Crippen MR) is 81.2 cm³/mol. The highest BCUT2D eigenvalue weighted by molar-refractivity contribution is 9.10. The molecule has 0 aliphatic carbocycles. The molecule has 1 aliphatic heterocycles. The fourth-order valence-electron chi connectivity index (χ4n) is 3.11. The molecule has 1 aliphatic rings. The third kappa shape index (κ3) is 1.99. The number of halogens is 1. The van der Waals surface area contributed by atoms with Crippen molar-refractivity contribution in [1.29, 1.82) is 5.26 Å². The van der Waals surface area contributed by atoms with Gasteiger partial charge in [0, 0.05) is 22.6 Å². The van der Waals surface area contributed by atoms with Crippen LogP contribution < -0.4 is 0 Å². The van der Waals surface area contributed by atoms with Gasteiger partial charge in [0.2, 0.25) is 0 Å². The molecule has 0 amide bonds. The van der Waals surface area contributed by atoms with Crippen molar-refractivity contribution < 1.29 is 0 Å². The van der Waals surface area contributed by atoms with Crippen LogP contribution in [0.2, 0.25) is 0 Å². The maximum absolute atomic E-state index is 9.41. The zero-order valence-corrected chi connectivity index (χ0v) is 12.9. The SMILES string of the molecule is CC(C)C(C#N)c1cc2c3c(c1)c(Br)cn3CCC2. The molecule has 98 valence electrons. The van der Waals surface area contributed by atoms with Crippen molar-refractivity contribution >= 4 is 26.8 Å². The third-order valence-corrected chi connectivity index (χ3v) is 4.67. The second-order valence-electron chi connectivity index (χ2n) is 5.70. The van der Waals surface area contributed by atoms with Gasteiger partial charge >= 0.3 is 0 Å². The molecule has 2 nitrogen and oxygen atoms in total. The first-order chi connectivity index (χ1) is 9.11.